The number of methoxy groups -OCH3 is 1. The molecule has 0 aliphatic heterocycles. The van der Waals surface area contributed by atoms with Crippen LogP contribution in [0.15, 0.2) is 24.3 Å². The van der Waals surface area contributed by atoms with Crippen molar-refractivity contribution >= 4 is 11.9 Å². The van der Waals surface area contributed by atoms with E-state index >= 15 is 0 Å². The van der Waals surface area contributed by atoms with E-state index in [-0.39, 0.29) is 5.91 Å². The van der Waals surface area contributed by atoms with Crippen LogP contribution in [0.1, 0.15) is 24.0 Å². The zero-order valence-corrected chi connectivity index (χ0v) is 11.4. The molecule has 1 aromatic rings. The summed E-state index contributed by atoms with van der Waals surface area (Å²) in [6.45, 7) is 2.59. The highest BCUT2D eigenvalue weighted by molar-refractivity contribution is 6.05. The number of ether oxygens (including phenoxy) is 1. The highest BCUT2D eigenvalue weighted by atomic mass is 16.5. The van der Waals surface area contributed by atoms with Gasteiger partial charge < -0.3 is 10.1 Å². The molecule has 0 heterocycles. The minimum atomic E-state index is -0.902. The number of carbonyl (C=O) groups is 2. The van der Waals surface area contributed by atoms with E-state index in [9.17, 15) is 9.59 Å². The lowest BCUT2D eigenvalue weighted by molar-refractivity contribution is -0.152. The number of esters is 1. The van der Waals surface area contributed by atoms with Gasteiger partial charge in [-0.15, -0.1) is 0 Å². The molecular formula is C15H19NO3. The van der Waals surface area contributed by atoms with E-state index in [2.05, 4.69) is 16.1 Å². The van der Waals surface area contributed by atoms with Gasteiger partial charge in [-0.2, -0.15) is 0 Å². The summed E-state index contributed by atoms with van der Waals surface area (Å²) in [4.78, 5) is 23.5. The van der Waals surface area contributed by atoms with Crippen molar-refractivity contribution in [1.29, 1.82) is 0 Å². The fourth-order valence-electron chi connectivity index (χ4n) is 2.21. The van der Waals surface area contributed by atoms with Gasteiger partial charge in [-0.25, -0.2) is 0 Å². The Kier molecular flexibility index (Phi) is 3.88. The Morgan fingerprint density at radius 1 is 1.32 bits per heavy atom. The average Bonchev–Trinajstić information content (AvgIpc) is 3.21. The van der Waals surface area contributed by atoms with E-state index in [4.69, 9.17) is 0 Å². The second kappa shape index (κ2) is 5.43. The number of nitrogens with one attached hydrogen (secondary N) is 1. The van der Waals surface area contributed by atoms with Crippen molar-refractivity contribution in [2.24, 2.45) is 5.41 Å². The molecule has 0 saturated heterocycles. The number of aryl methyl sites for hydroxylation is 1. The summed E-state index contributed by atoms with van der Waals surface area (Å²) in [5.74, 6) is -0.617. The number of benzene rings is 1. The first-order valence-corrected chi connectivity index (χ1v) is 6.51. The van der Waals surface area contributed by atoms with Crippen LogP contribution in [-0.2, 0) is 20.7 Å². The van der Waals surface area contributed by atoms with Crippen LogP contribution in [0.2, 0.25) is 0 Å². The van der Waals surface area contributed by atoms with Crippen molar-refractivity contribution < 1.29 is 14.3 Å². The first kappa shape index (κ1) is 13.6. The summed E-state index contributed by atoms with van der Waals surface area (Å²) in [5, 5.41) is 2.84. The van der Waals surface area contributed by atoms with Gasteiger partial charge in [-0.3, -0.25) is 9.59 Å². The maximum atomic E-state index is 12.0. The van der Waals surface area contributed by atoms with Crippen LogP contribution in [-0.4, -0.2) is 25.5 Å². The third kappa shape index (κ3) is 2.78. The zero-order valence-electron chi connectivity index (χ0n) is 11.4. The van der Waals surface area contributed by atoms with E-state index in [0.717, 1.165) is 6.42 Å². The van der Waals surface area contributed by atoms with Crippen molar-refractivity contribution in [3.8, 4) is 0 Å². The summed E-state index contributed by atoms with van der Waals surface area (Å²) in [6, 6.07) is 8.08. The third-order valence-electron chi connectivity index (χ3n) is 3.70. The van der Waals surface area contributed by atoms with Crippen molar-refractivity contribution in [3.63, 3.8) is 0 Å². The lowest BCUT2D eigenvalue weighted by atomic mass is 10.0. The molecule has 0 unspecified atom stereocenters. The maximum absolute atomic E-state index is 12.0. The molecule has 1 fully saturated rings. The van der Waals surface area contributed by atoms with Gasteiger partial charge in [0.15, 0.2) is 0 Å². The van der Waals surface area contributed by atoms with E-state index in [1.54, 1.807) is 0 Å². The van der Waals surface area contributed by atoms with Crippen LogP contribution in [0.5, 0.6) is 0 Å². The summed E-state index contributed by atoms with van der Waals surface area (Å²) < 4.78 is 4.68. The third-order valence-corrected chi connectivity index (χ3v) is 3.70. The minimum Gasteiger partial charge on any atom is -0.468 e. The number of hydrogen-bond acceptors (Lipinski definition) is 3. The lowest BCUT2D eigenvalue weighted by Gasteiger charge is -2.13. The second-order valence-corrected chi connectivity index (χ2v) is 5.01. The summed E-state index contributed by atoms with van der Waals surface area (Å²) >= 11 is 0. The molecule has 0 aromatic heterocycles. The molecule has 0 radical (unpaired) electrons. The Labute approximate surface area is 113 Å². The molecule has 0 atom stereocenters. The number of carbonyl (C=O) groups excluding carboxylic acids is 2. The Bertz CT molecular complexity index is 492. The molecule has 4 nitrogen and oxygen atoms in total. The molecule has 1 aromatic carbocycles. The summed E-state index contributed by atoms with van der Waals surface area (Å²) in [7, 11) is 1.32. The van der Waals surface area contributed by atoms with E-state index in [1.807, 2.05) is 25.1 Å². The van der Waals surface area contributed by atoms with Gasteiger partial charge in [-0.1, -0.05) is 24.3 Å². The topological polar surface area (TPSA) is 55.4 Å². The Morgan fingerprint density at radius 3 is 2.58 bits per heavy atom. The second-order valence-electron chi connectivity index (χ2n) is 5.01. The molecule has 0 spiro atoms. The van der Waals surface area contributed by atoms with Crippen molar-refractivity contribution in [2.75, 3.05) is 13.7 Å². The molecule has 1 aliphatic rings. The van der Waals surface area contributed by atoms with E-state index < -0.39 is 11.4 Å². The molecule has 1 saturated carbocycles. The summed E-state index contributed by atoms with van der Waals surface area (Å²) in [5.41, 5.74) is 1.53. The van der Waals surface area contributed by atoms with Crippen molar-refractivity contribution in [2.45, 2.75) is 26.2 Å². The largest absolute Gasteiger partial charge is 0.468 e. The fourth-order valence-corrected chi connectivity index (χ4v) is 2.21. The SMILES string of the molecule is COC(=O)C1(C(=O)NCCc2ccccc2C)CC1. The molecule has 4 heteroatoms. The van der Waals surface area contributed by atoms with E-state index in [1.165, 1.54) is 18.2 Å². The average molecular weight is 261 g/mol. The Balaban J connectivity index is 1.85. The molecule has 2 rings (SSSR count). The highest BCUT2D eigenvalue weighted by Gasteiger charge is 2.57. The van der Waals surface area contributed by atoms with Gasteiger partial charge in [0.2, 0.25) is 5.91 Å². The van der Waals surface area contributed by atoms with Crippen LogP contribution in [0, 0.1) is 12.3 Å². The Morgan fingerprint density at radius 2 is 2.00 bits per heavy atom. The summed E-state index contributed by atoms with van der Waals surface area (Å²) in [6.07, 6.45) is 1.96. The molecule has 102 valence electrons. The van der Waals surface area contributed by atoms with Crippen molar-refractivity contribution in [3.05, 3.63) is 35.4 Å². The predicted octanol–water partition coefficient (Wildman–Crippen LogP) is 1.61. The number of rotatable bonds is 5. The van der Waals surface area contributed by atoms with Gasteiger partial charge in [-0.05, 0) is 37.3 Å². The zero-order chi connectivity index (χ0) is 13.9. The molecular weight excluding hydrogens is 242 g/mol. The van der Waals surface area contributed by atoms with E-state index in [0.29, 0.717) is 19.4 Å². The highest BCUT2D eigenvalue weighted by Crippen LogP contribution is 2.46. The smallest absolute Gasteiger partial charge is 0.321 e. The van der Waals surface area contributed by atoms with Crippen LogP contribution >= 0.6 is 0 Å². The number of hydrogen-bond donors (Lipinski definition) is 1. The molecule has 1 N–H and O–H groups in total. The Hall–Kier alpha value is -1.84. The van der Waals surface area contributed by atoms with Crippen LogP contribution < -0.4 is 5.32 Å². The minimum absolute atomic E-state index is 0.201. The fraction of sp³-hybridized carbons (Fsp3) is 0.467. The van der Waals surface area contributed by atoms with Gasteiger partial charge in [0, 0.05) is 6.54 Å². The first-order chi connectivity index (χ1) is 9.10. The lowest BCUT2D eigenvalue weighted by Crippen LogP contribution is -2.38. The molecule has 19 heavy (non-hydrogen) atoms. The molecule has 0 bridgehead atoms. The van der Waals surface area contributed by atoms with Crippen LogP contribution in [0.3, 0.4) is 0 Å². The first-order valence-electron chi connectivity index (χ1n) is 6.51. The van der Waals surface area contributed by atoms with Gasteiger partial charge in [0.1, 0.15) is 5.41 Å². The van der Waals surface area contributed by atoms with Crippen molar-refractivity contribution in [1.82, 2.24) is 5.32 Å². The maximum Gasteiger partial charge on any atom is 0.321 e. The molecule has 1 aliphatic carbocycles. The van der Waals surface area contributed by atoms with Gasteiger partial charge in [0.05, 0.1) is 7.11 Å². The molecule has 1 amide bonds. The van der Waals surface area contributed by atoms with Gasteiger partial charge >= 0.3 is 5.97 Å². The van der Waals surface area contributed by atoms with Gasteiger partial charge in [0.25, 0.3) is 0 Å². The normalized spacial score (nSPS) is 15.7. The monoisotopic (exact) mass is 261 g/mol. The standard InChI is InChI=1S/C15H19NO3/c1-11-5-3-4-6-12(11)7-10-16-13(17)15(8-9-15)14(18)19-2/h3-6H,7-10H2,1-2H3,(H,16,17). The number of amides is 1. The predicted molar refractivity (Wildman–Crippen MR) is 71.6 cm³/mol. The van der Waals surface area contributed by atoms with Crippen LogP contribution in [0.25, 0.3) is 0 Å². The quantitative estimate of drug-likeness (QED) is 0.647. The van der Waals surface area contributed by atoms with Crippen LogP contribution in [0.4, 0.5) is 0 Å².